The highest BCUT2D eigenvalue weighted by atomic mass is 79.9. The van der Waals surface area contributed by atoms with Crippen molar-refractivity contribution in [1.29, 1.82) is 0 Å². The van der Waals surface area contributed by atoms with E-state index in [1.165, 1.54) is 5.56 Å². The molecule has 0 fully saturated rings. The molecule has 0 aliphatic carbocycles. The molecule has 4 aromatic rings. The number of aromatic nitrogens is 2. The van der Waals surface area contributed by atoms with E-state index in [1.54, 1.807) is 16.4 Å². The van der Waals surface area contributed by atoms with Gasteiger partial charge in [-0.25, -0.2) is 4.68 Å². The second kappa shape index (κ2) is 9.76. The summed E-state index contributed by atoms with van der Waals surface area (Å²) in [4.78, 5) is 20.3. The summed E-state index contributed by atoms with van der Waals surface area (Å²) in [6, 6.07) is 26.5. The highest BCUT2D eigenvalue weighted by molar-refractivity contribution is 9.10. The minimum absolute atomic E-state index is 0.0828. The second-order valence-electron chi connectivity index (χ2n) is 8.43. The van der Waals surface area contributed by atoms with Gasteiger partial charge in [0.05, 0.1) is 17.1 Å². The summed E-state index contributed by atoms with van der Waals surface area (Å²) < 4.78 is 4.56. The summed E-state index contributed by atoms with van der Waals surface area (Å²) in [6.45, 7) is 4.02. The van der Waals surface area contributed by atoms with Crippen molar-refractivity contribution in [1.82, 2.24) is 9.36 Å². The molecule has 0 spiro atoms. The molecule has 5 nitrogen and oxygen atoms in total. The minimum atomic E-state index is -0.126. The molecule has 0 N–H and O–H groups in total. The molecule has 176 valence electrons. The number of hydrogen-bond donors (Lipinski definition) is 0. The molecular formula is C28H25BrN4OS. The normalized spacial score (nSPS) is 15.7. The van der Waals surface area contributed by atoms with Gasteiger partial charge in [0.1, 0.15) is 5.37 Å². The van der Waals surface area contributed by atoms with Crippen LogP contribution in [0, 0.1) is 13.8 Å². The summed E-state index contributed by atoms with van der Waals surface area (Å²) in [6.07, 6.45) is 1.88. The van der Waals surface area contributed by atoms with Crippen molar-refractivity contribution < 1.29 is 0 Å². The Kier molecular flexibility index (Phi) is 6.54. The number of aryl methyl sites for hydroxylation is 1. The van der Waals surface area contributed by atoms with Crippen LogP contribution >= 0.6 is 27.7 Å². The van der Waals surface area contributed by atoms with Crippen LogP contribution in [0.5, 0.6) is 0 Å². The van der Waals surface area contributed by atoms with E-state index in [1.807, 2.05) is 55.2 Å². The van der Waals surface area contributed by atoms with E-state index >= 15 is 0 Å². The van der Waals surface area contributed by atoms with E-state index in [-0.39, 0.29) is 10.9 Å². The van der Waals surface area contributed by atoms with Crippen LogP contribution in [-0.4, -0.2) is 21.0 Å². The van der Waals surface area contributed by atoms with Gasteiger partial charge in [-0.15, -0.1) is 11.8 Å². The van der Waals surface area contributed by atoms with E-state index in [4.69, 9.17) is 4.99 Å². The third kappa shape index (κ3) is 4.54. The molecule has 1 unspecified atom stereocenters. The number of thioether (sulfide) groups is 1. The summed E-state index contributed by atoms with van der Waals surface area (Å²) in [7, 11) is 1.89. The lowest BCUT2D eigenvalue weighted by atomic mass is 10.1. The van der Waals surface area contributed by atoms with Crippen LogP contribution in [0.1, 0.15) is 16.8 Å². The van der Waals surface area contributed by atoms with Gasteiger partial charge in [0.25, 0.3) is 5.56 Å². The van der Waals surface area contributed by atoms with Crippen molar-refractivity contribution in [3.63, 3.8) is 0 Å². The molecule has 35 heavy (non-hydrogen) atoms. The summed E-state index contributed by atoms with van der Waals surface area (Å²) in [5.74, 6) is 0. The van der Waals surface area contributed by atoms with Crippen LogP contribution < -0.4 is 10.5 Å². The fourth-order valence-corrected chi connectivity index (χ4v) is 5.42. The van der Waals surface area contributed by atoms with Crippen molar-refractivity contribution in [3.8, 4) is 5.69 Å². The van der Waals surface area contributed by atoms with E-state index in [9.17, 15) is 4.79 Å². The first-order valence-corrected chi connectivity index (χ1v) is 13.0. The maximum Gasteiger partial charge on any atom is 0.297 e. The second-order valence-corrected chi connectivity index (χ2v) is 10.3. The van der Waals surface area contributed by atoms with E-state index in [2.05, 4.69) is 81.7 Å². The number of para-hydroxylation sites is 1. The van der Waals surface area contributed by atoms with Crippen LogP contribution in [0.4, 0.5) is 11.4 Å². The van der Waals surface area contributed by atoms with Crippen molar-refractivity contribution in [2.45, 2.75) is 19.2 Å². The fourth-order valence-electron chi connectivity index (χ4n) is 4.15. The number of hydrogen-bond acceptors (Lipinski definition) is 4. The average molecular weight is 546 g/mol. The van der Waals surface area contributed by atoms with E-state index in [0.717, 1.165) is 32.8 Å². The Balaban J connectivity index is 1.52. The quantitative estimate of drug-likeness (QED) is 0.258. The van der Waals surface area contributed by atoms with Crippen molar-refractivity contribution in [2.75, 3.05) is 4.90 Å². The Hall–Kier alpha value is -3.29. The lowest BCUT2D eigenvalue weighted by molar-refractivity contribution is 0.630. The molecule has 3 aromatic carbocycles. The van der Waals surface area contributed by atoms with Gasteiger partial charge in [-0.1, -0.05) is 64.0 Å². The number of anilines is 1. The Morgan fingerprint density at radius 3 is 2.29 bits per heavy atom. The third-order valence-corrected chi connectivity index (χ3v) is 7.64. The highest BCUT2D eigenvalue weighted by Gasteiger charge is 2.28. The number of nitrogens with zero attached hydrogens (tertiary/aromatic N) is 4. The van der Waals surface area contributed by atoms with Crippen LogP contribution in [-0.2, 0) is 7.05 Å². The van der Waals surface area contributed by atoms with Gasteiger partial charge >= 0.3 is 0 Å². The molecule has 1 aliphatic heterocycles. The first kappa shape index (κ1) is 23.5. The largest absolute Gasteiger partial charge is 0.323 e. The molecule has 0 radical (unpaired) electrons. The van der Waals surface area contributed by atoms with Gasteiger partial charge in [-0.05, 0) is 61.2 Å². The third-order valence-electron chi connectivity index (χ3n) is 6.14. The van der Waals surface area contributed by atoms with Crippen LogP contribution in [0.15, 0.2) is 98.5 Å². The Morgan fingerprint density at radius 1 is 0.914 bits per heavy atom. The van der Waals surface area contributed by atoms with Crippen molar-refractivity contribution >= 4 is 51.0 Å². The molecule has 0 saturated carbocycles. The van der Waals surface area contributed by atoms with Crippen LogP contribution in [0.25, 0.3) is 11.4 Å². The zero-order valence-electron chi connectivity index (χ0n) is 19.7. The number of benzene rings is 3. The van der Waals surface area contributed by atoms with Gasteiger partial charge < -0.3 is 4.90 Å². The molecule has 7 heteroatoms. The van der Waals surface area contributed by atoms with Gasteiger partial charge in [0, 0.05) is 23.4 Å². The molecule has 1 aromatic heterocycles. The predicted octanol–water partition coefficient (Wildman–Crippen LogP) is 6.84. The standard InChI is InChI=1S/C28H25BrN4OS/c1-19-9-15-23(16-10-19)32-25(21-11-13-22(29)14-12-21)18-35-26(32)17-30-27-20(2)31(3)33(28(27)34)24-7-5-4-6-8-24/h4-18,26H,1-3H3. The monoisotopic (exact) mass is 544 g/mol. The first-order chi connectivity index (χ1) is 16.9. The van der Waals surface area contributed by atoms with Gasteiger partial charge in [0.2, 0.25) is 0 Å². The fraction of sp³-hybridized carbons (Fsp3) is 0.143. The average Bonchev–Trinajstić information content (AvgIpc) is 3.38. The maximum atomic E-state index is 13.3. The lowest BCUT2D eigenvalue weighted by Crippen LogP contribution is -2.28. The van der Waals surface area contributed by atoms with Gasteiger partial charge in [-0.2, -0.15) is 0 Å². The molecule has 2 heterocycles. The van der Waals surface area contributed by atoms with Gasteiger partial charge in [-0.3, -0.25) is 14.5 Å². The smallest absolute Gasteiger partial charge is 0.297 e. The van der Waals surface area contributed by atoms with Crippen LogP contribution in [0.2, 0.25) is 0 Å². The number of rotatable bonds is 5. The maximum absolute atomic E-state index is 13.3. The Morgan fingerprint density at radius 2 is 1.60 bits per heavy atom. The molecule has 1 aliphatic rings. The van der Waals surface area contributed by atoms with Crippen LogP contribution in [0.3, 0.4) is 0 Å². The van der Waals surface area contributed by atoms with Crippen molar-refractivity contribution in [2.24, 2.45) is 12.0 Å². The zero-order valence-corrected chi connectivity index (χ0v) is 22.1. The lowest BCUT2D eigenvalue weighted by Gasteiger charge is -2.27. The summed E-state index contributed by atoms with van der Waals surface area (Å²) in [5.41, 5.74) is 6.49. The first-order valence-electron chi connectivity index (χ1n) is 11.3. The molecular weight excluding hydrogens is 520 g/mol. The van der Waals surface area contributed by atoms with Crippen molar-refractivity contribution in [3.05, 3.63) is 116 Å². The van der Waals surface area contributed by atoms with E-state index < -0.39 is 0 Å². The number of halogens is 1. The molecule has 1 atom stereocenters. The molecule has 0 amide bonds. The minimum Gasteiger partial charge on any atom is -0.323 e. The molecule has 0 saturated heterocycles. The molecule has 5 rings (SSSR count). The Labute approximate surface area is 217 Å². The topological polar surface area (TPSA) is 42.5 Å². The summed E-state index contributed by atoms with van der Waals surface area (Å²) >= 11 is 5.21. The highest BCUT2D eigenvalue weighted by Crippen LogP contribution is 2.40. The predicted molar refractivity (Wildman–Crippen MR) is 151 cm³/mol. The van der Waals surface area contributed by atoms with Gasteiger partial charge in [0.15, 0.2) is 5.69 Å². The zero-order chi connectivity index (χ0) is 24.5. The number of aliphatic imine (C=N–C) groups is 1. The summed E-state index contributed by atoms with van der Waals surface area (Å²) in [5, 5.41) is 2.08. The Bertz CT molecular complexity index is 1470. The molecule has 0 bridgehead atoms. The SMILES string of the molecule is Cc1ccc(N2C(c3ccc(Br)cc3)=CSC2C=Nc2c(C)n(C)n(-c3ccccc3)c2=O)cc1. The van der Waals surface area contributed by atoms with E-state index in [0.29, 0.717) is 5.69 Å².